The molecule has 6 nitrogen and oxygen atoms in total. The third-order valence-corrected chi connectivity index (χ3v) is 4.39. The molecule has 2 rings (SSSR count). The van der Waals surface area contributed by atoms with E-state index in [-0.39, 0.29) is 18.6 Å². The topological polar surface area (TPSA) is 66.4 Å². The molecule has 6 heteroatoms. The van der Waals surface area contributed by atoms with E-state index >= 15 is 0 Å². The summed E-state index contributed by atoms with van der Waals surface area (Å²) in [5.41, 5.74) is 1.76. The van der Waals surface area contributed by atoms with E-state index < -0.39 is 0 Å². The van der Waals surface area contributed by atoms with Gasteiger partial charge in [-0.05, 0) is 35.4 Å². The molecular formula is C20H26O6. The van der Waals surface area contributed by atoms with Gasteiger partial charge in [-0.25, -0.2) is 0 Å². The number of aliphatic hydroxyl groups excluding tert-OH is 1. The van der Waals surface area contributed by atoms with Gasteiger partial charge in [0.2, 0.25) is 0 Å². The normalized spacial score (nSPS) is 13.0. The van der Waals surface area contributed by atoms with E-state index in [9.17, 15) is 5.11 Å². The predicted molar refractivity (Wildman–Crippen MR) is 98.7 cm³/mol. The number of hydrogen-bond donors (Lipinski definition) is 1. The zero-order chi connectivity index (χ0) is 19.1. The average Bonchev–Trinajstić information content (AvgIpc) is 2.70. The summed E-state index contributed by atoms with van der Waals surface area (Å²) in [5.74, 6) is 2.19. The average molecular weight is 362 g/mol. The molecule has 2 atom stereocenters. The molecule has 0 saturated heterocycles. The Labute approximate surface area is 154 Å². The molecule has 0 fully saturated rings. The fourth-order valence-corrected chi connectivity index (χ4v) is 3.02. The van der Waals surface area contributed by atoms with Gasteiger partial charge in [0.15, 0.2) is 23.0 Å². The van der Waals surface area contributed by atoms with Crippen molar-refractivity contribution in [2.75, 3.05) is 42.2 Å². The molecule has 0 unspecified atom stereocenters. The molecule has 142 valence electrons. The first-order chi connectivity index (χ1) is 12.6. The van der Waals surface area contributed by atoms with Gasteiger partial charge in [-0.2, -0.15) is 0 Å². The number of hydrogen-bond acceptors (Lipinski definition) is 6. The highest BCUT2D eigenvalue weighted by Crippen LogP contribution is 2.39. The third-order valence-electron chi connectivity index (χ3n) is 4.39. The Hall–Kier alpha value is -2.44. The summed E-state index contributed by atoms with van der Waals surface area (Å²) in [7, 11) is 7.96. The van der Waals surface area contributed by atoms with Gasteiger partial charge in [-0.1, -0.05) is 12.1 Å². The van der Waals surface area contributed by atoms with Crippen LogP contribution in [0, 0.1) is 0 Å². The Morgan fingerprint density at radius 1 is 0.692 bits per heavy atom. The standard InChI is InChI=1S/C20H26O6/c1-22-16-8-6-13(10-18(16)24-3)15(12-21)20(26-5)14-7-9-17(23-2)19(11-14)25-4/h6-11,15,20-21H,12H2,1-5H3/t15-,20-/m1/s1. The van der Waals surface area contributed by atoms with E-state index in [1.165, 1.54) is 0 Å². The Kier molecular flexibility index (Phi) is 7.12. The minimum Gasteiger partial charge on any atom is -0.493 e. The summed E-state index contributed by atoms with van der Waals surface area (Å²) in [5, 5.41) is 10.1. The SMILES string of the molecule is COc1ccc([C@@H](CO)[C@H](OC)c2ccc(OC)c(OC)c2)cc1OC. The van der Waals surface area contributed by atoms with Crippen LogP contribution in [-0.4, -0.2) is 47.3 Å². The molecule has 2 aromatic rings. The van der Waals surface area contributed by atoms with Crippen LogP contribution < -0.4 is 18.9 Å². The number of ether oxygens (including phenoxy) is 5. The molecule has 0 bridgehead atoms. The number of aliphatic hydroxyl groups is 1. The van der Waals surface area contributed by atoms with Gasteiger partial charge in [-0.3, -0.25) is 0 Å². The Morgan fingerprint density at radius 3 is 1.58 bits per heavy atom. The number of benzene rings is 2. The second-order valence-corrected chi connectivity index (χ2v) is 5.67. The van der Waals surface area contributed by atoms with Gasteiger partial charge < -0.3 is 28.8 Å². The Morgan fingerprint density at radius 2 is 1.15 bits per heavy atom. The highest BCUT2D eigenvalue weighted by Gasteiger charge is 2.26. The quantitative estimate of drug-likeness (QED) is 0.739. The van der Waals surface area contributed by atoms with Crippen molar-refractivity contribution in [3.63, 3.8) is 0 Å². The van der Waals surface area contributed by atoms with Crippen LogP contribution in [0.5, 0.6) is 23.0 Å². The van der Waals surface area contributed by atoms with Crippen LogP contribution >= 0.6 is 0 Å². The minimum atomic E-state index is -0.377. The van der Waals surface area contributed by atoms with Crippen molar-refractivity contribution >= 4 is 0 Å². The van der Waals surface area contributed by atoms with Crippen molar-refractivity contribution in [1.29, 1.82) is 0 Å². The monoisotopic (exact) mass is 362 g/mol. The van der Waals surface area contributed by atoms with Crippen molar-refractivity contribution in [3.8, 4) is 23.0 Å². The molecule has 0 saturated carbocycles. The minimum absolute atomic E-state index is 0.0949. The van der Waals surface area contributed by atoms with E-state index in [1.807, 2.05) is 36.4 Å². The largest absolute Gasteiger partial charge is 0.493 e. The first-order valence-electron chi connectivity index (χ1n) is 8.20. The fourth-order valence-electron chi connectivity index (χ4n) is 3.02. The summed E-state index contributed by atoms with van der Waals surface area (Å²) in [6.07, 6.45) is -0.377. The van der Waals surface area contributed by atoms with E-state index in [1.54, 1.807) is 35.5 Å². The Bertz CT molecular complexity index is 654. The summed E-state index contributed by atoms with van der Waals surface area (Å²) in [4.78, 5) is 0. The van der Waals surface area contributed by atoms with E-state index in [4.69, 9.17) is 23.7 Å². The molecule has 0 radical (unpaired) electrons. The lowest BCUT2D eigenvalue weighted by Gasteiger charge is -2.26. The number of methoxy groups -OCH3 is 5. The van der Waals surface area contributed by atoms with E-state index in [2.05, 4.69) is 0 Å². The van der Waals surface area contributed by atoms with Crippen molar-refractivity contribution < 1.29 is 28.8 Å². The van der Waals surface area contributed by atoms with Crippen LogP contribution in [0.4, 0.5) is 0 Å². The van der Waals surface area contributed by atoms with Crippen molar-refractivity contribution in [2.24, 2.45) is 0 Å². The predicted octanol–water partition coefficient (Wildman–Crippen LogP) is 3.18. The van der Waals surface area contributed by atoms with Crippen LogP contribution in [0.15, 0.2) is 36.4 Å². The molecule has 0 heterocycles. The highest BCUT2D eigenvalue weighted by molar-refractivity contribution is 5.46. The summed E-state index contributed by atoms with van der Waals surface area (Å²) in [6, 6.07) is 11.2. The van der Waals surface area contributed by atoms with Gasteiger partial charge >= 0.3 is 0 Å². The van der Waals surface area contributed by atoms with Crippen molar-refractivity contribution in [3.05, 3.63) is 47.5 Å². The second kappa shape index (κ2) is 9.31. The fraction of sp³-hybridized carbons (Fsp3) is 0.400. The van der Waals surface area contributed by atoms with Crippen LogP contribution in [0.25, 0.3) is 0 Å². The van der Waals surface area contributed by atoms with Crippen molar-refractivity contribution in [1.82, 2.24) is 0 Å². The van der Waals surface area contributed by atoms with Crippen molar-refractivity contribution in [2.45, 2.75) is 12.0 Å². The van der Waals surface area contributed by atoms with Crippen LogP contribution in [-0.2, 0) is 4.74 Å². The van der Waals surface area contributed by atoms with Crippen LogP contribution in [0.1, 0.15) is 23.1 Å². The maximum Gasteiger partial charge on any atom is 0.161 e. The molecule has 1 N–H and O–H groups in total. The summed E-state index contributed by atoms with van der Waals surface area (Å²) < 4.78 is 27.0. The molecule has 26 heavy (non-hydrogen) atoms. The molecular weight excluding hydrogens is 336 g/mol. The van der Waals surface area contributed by atoms with Crippen LogP contribution in [0.3, 0.4) is 0 Å². The molecule has 0 aliphatic carbocycles. The number of rotatable bonds is 9. The second-order valence-electron chi connectivity index (χ2n) is 5.67. The van der Waals surface area contributed by atoms with Crippen LogP contribution in [0.2, 0.25) is 0 Å². The summed E-state index contributed by atoms with van der Waals surface area (Å²) >= 11 is 0. The highest BCUT2D eigenvalue weighted by atomic mass is 16.5. The van der Waals surface area contributed by atoms with Gasteiger partial charge in [-0.15, -0.1) is 0 Å². The summed E-state index contributed by atoms with van der Waals surface area (Å²) in [6.45, 7) is -0.0949. The molecule has 2 aromatic carbocycles. The maximum absolute atomic E-state index is 10.1. The zero-order valence-corrected chi connectivity index (χ0v) is 15.8. The smallest absolute Gasteiger partial charge is 0.161 e. The maximum atomic E-state index is 10.1. The Balaban J connectivity index is 2.43. The van der Waals surface area contributed by atoms with Gasteiger partial charge in [0.25, 0.3) is 0 Å². The van der Waals surface area contributed by atoms with Gasteiger partial charge in [0.05, 0.1) is 41.2 Å². The van der Waals surface area contributed by atoms with Gasteiger partial charge in [0.1, 0.15) is 0 Å². The molecule has 0 aliphatic heterocycles. The molecule has 0 spiro atoms. The molecule has 0 amide bonds. The lowest BCUT2D eigenvalue weighted by Crippen LogP contribution is -2.17. The third kappa shape index (κ3) is 4.03. The lowest BCUT2D eigenvalue weighted by molar-refractivity contribution is 0.0563. The molecule has 0 aromatic heterocycles. The van der Waals surface area contributed by atoms with E-state index in [0.29, 0.717) is 23.0 Å². The zero-order valence-electron chi connectivity index (χ0n) is 15.8. The van der Waals surface area contributed by atoms with E-state index in [0.717, 1.165) is 11.1 Å². The first-order valence-corrected chi connectivity index (χ1v) is 8.20. The molecule has 0 aliphatic rings. The lowest BCUT2D eigenvalue weighted by atomic mass is 9.89. The first kappa shape index (κ1) is 19.9. The van der Waals surface area contributed by atoms with Gasteiger partial charge in [0, 0.05) is 13.0 Å².